The monoisotopic (exact) mass is 614 g/mol. The van der Waals surface area contributed by atoms with E-state index in [1.54, 1.807) is 9.57 Å². The smallest absolute Gasteiger partial charge is 0.343 e. The largest absolute Gasteiger partial charge is 0.480 e. The lowest BCUT2D eigenvalue weighted by atomic mass is 10.1. The Kier molecular flexibility index (Phi) is 10.8. The second-order valence-corrected chi connectivity index (χ2v) is 12.5. The molecular formula is C24H39N8O9P. The molecule has 0 radical (unpaired) electrons. The van der Waals surface area contributed by atoms with Gasteiger partial charge in [0.25, 0.3) is 0 Å². The van der Waals surface area contributed by atoms with E-state index in [1.165, 1.54) is 24.1 Å². The second-order valence-electron chi connectivity index (χ2n) is 10.3. The number of ether oxygens (including phenoxy) is 2. The molecule has 42 heavy (non-hydrogen) atoms. The fourth-order valence-corrected chi connectivity index (χ4v) is 6.80. The highest BCUT2D eigenvalue weighted by atomic mass is 31.2. The molecule has 2 fully saturated rings. The van der Waals surface area contributed by atoms with Crippen LogP contribution in [0.2, 0.25) is 0 Å². The van der Waals surface area contributed by atoms with Crippen LogP contribution in [0.5, 0.6) is 0 Å². The zero-order valence-corrected chi connectivity index (χ0v) is 24.7. The molecule has 17 nitrogen and oxygen atoms in total. The number of carbonyl (C=O) groups is 2. The Bertz CT molecular complexity index is 1270. The number of imidazole rings is 1. The molecule has 6 atom stereocenters. The van der Waals surface area contributed by atoms with Gasteiger partial charge in [0.1, 0.15) is 30.7 Å². The molecule has 0 spiro atoms. The average molecular weight is 615 g/mol. The lowest BCUT2D eigenvalue weighted by molar-refractivity contribution is -0.141. The van der Waals surface area contributed by atoms with Gasteiger partial charge in [0.2, 0.25) is 5.91 Å². The molecule has 2 aliphatic heterocycles. The quantitative estimate of drug-likeness (QED) is 0.132. The number of fused-ring (bicyclic) bond motifs is 1. The molecule has 4 rings (SSSR count). The molecule has 0 aromatic carbocycles. The molecule has 234 valence electrons. The molecule has 2 aromatic heterocycles. The highest BCUT2D eigenvalue weighted by Gasteiger charge is 2.46. The third-order valence-electron chi connectivity index (χ3n) is 7.05. The maximum atomic E-state index is 14.0. The first-order valence-electron chi connectivity index (χ1n) is 13.7. The van der Waals surface area contributed by atoms with Gasteiger partial charge in [-0.15, -0.1) is 0 Å². The molecule has 4 heterocycles. The van der Waals surface area contributed by atoms with Crippen molar-refractivity contribution in [3.63, 3.8) is 0 Å². The van der Waals surface area contributed by atoms with Crippen LogP contribution in [0.3, 0.4) is 0 Å². The van der Waals surface area contributed by atoms with Gasteiger partial charge in [-0.25, -0.2) is 29.5 Å². The van der Waals surface area contributed by atoms with Gasteiger partial charge in [-0.1, -0.05) is 0 Å². The van der Waals surface area contributed by atoms with Crippen LogP contribution in [0.1, 0.15) is 32.4 Å². The number of carboxylic acid groups (broad SMARTS) is 1. The molecule has 0 aliphatic carbocycles. The standard InChI is InChI=1S/C24H39N8O9P/c1-15(33)29-16(24(36)37)6-4-5-7-28-42(38,31-8-10-39-11-9-31)40-12-17-19(34)20(35)23(41-17)32-14-27-18-21(30(2)3)25-13-26-22(18)32/h13-14,16-17,19-20,23,34-35H,4-12H2,1-3H3,(H,28,38)(H,29,33)(H,36,37)/t16-,17+,19+,20+,23+,42?/m0/s1. The number of morpholine rings is 1. The first-order chi connectivity index (χ1) is 20.0. The first-order valence-corrected chi connectivity index (χ1v) is 15.3. The Balaban J connectivity index is 1.39. The summed E-state index contributed by atoms with van der Waals surface area (Å²) in [6.07, 6.45) is -0.758. The van der Waals surface area contributed by atoms with Crippen molar-refractivity contribution in [1.29, 1.82) is 0 Å². The highest BCUT2D eigenvalue weighted by Crippen LogP contribution is 2.48. The van der Waals surface area contributed by atoms with Crippen molar-refractivity contribution in [3.8, 4) is 0 Å². The van der Waals surface area contributed by atoms with Crippen LogP contribution in [0, 0.1) is 0 Å². The molecule has 0 bridgehead atoms. The number of hydrogen-bond donors (Lipinski definition) is 5. The van der Waals surface area contributed by atoms with Crippen molar-refractivity contribution in [2.45, 2.75) is 56.8 Å². The molecule has 5 N–H and O–H groups in total. The van der Waals surface area contributed by atoms with Gasteiger partial charge in [0, 0.05) is 40.7 Å². The first kappa shape index (κ1) is 32.2. The number of anilines is 1. The zero-order chi connectivity index (χ0) is 30.4. The van der Waals surface area contributed by atoms with Gasteiger partial charge in [-0.05, 0) is 19.3 Å². The van der Waals surface area contributed by atoms with Gasteiger partial charge < -0.3 is 39.5 Å². The predicted molar refractivity (Wildman–Crippen MR) is 149 cm³/mol. The van der Waals surface area contributed by atoms with Crippen LogP contribution in [-0.2, 0) is 28.2 Å². The third kappa shape index (κ3) is 7.41. The number of rotatable bonds is 14. The molecular weight excluding hydrogens is 575 g/mol. The van der Waals surface area contributed by atoms with Crippen molar-refractivity contribution >= 4 is 36.5 Å². The third-order valence-corrected chi connectivity index (χ3v) is 9.32. The van der Waals surface area contributed by atoms with Crippen LogP contribution in [0.4, 0.5) is 5.82 Å². The van der Waals surface area contributed by atoms with Gasteiger partial charge in [-0.2, -0.15) is 0 Å². The van der Waals surface area contributed by atoms with Crippen molar-refractivity contribution in [1.82, 2.24) is 34.6 Å². The maximum Gasteiger partial charge on any atom is 0.343 e. The Hall–Kier alpha value is -2.76. The predicted octanol–water partition coefficient (Wildman–Crippen LogP) is -0.682. The number of hydrogen-bond acceptors (Lipinski definition) is 12. The highest BCUT2D eigenvalue weighted by molar-refractivity contribution is 7.54. The normalized spacial score (nSPS) is 25.3. The van der Waals surface area contributed by atoms with E-state index in [1.807, 2.05) is 14.1 Å². The number of aliphatic hydroxyl groups excluding tert-OH is 2. The number of amides is 1. The van der Waals surface area contributed by atoms with Gasteiger partial charge >= 0.3 is 13.6 Å². The van der Waals surface area contributed by atoms with Crippen molar-refractivity contribution in [3.05, 3.63) is 12.7 Å². The lowest BCUT2D eigenvalue weighted by Gasteiger charge is -2.34. The number of aromatic nitrogens is 4. The van der Waals surface area contributed by atoms with E-state index in [0.29, 0.717) is 56.1 Å². The fourth-order valence-electron chi connectivity index (χ4n) is 4.87. The van der Waals surface area contributed by atoms with E-state index < -0.39 is 50.1 Å². The number of nitrogens with zero attached hydrogens (tertiary/aromatic N) is 6. The molecule has 18 heteroatoms. The van der Waals surface area contributed by atoms with Crippen molar-refractivity contribution in [2.24, 2.45) is 0 Å². The van der Waals surface area contributed by atoms with E-state index in [0.717, 1.165) is 0 Å². The lowest BCUT2D eigenvalue weighted by Crippen LogP contribution is -2.40. The summed E-state index contributed by atoms with van der Waals surface area (Å²) in [5.74, 6) is -0.967. The summed E-state index contributed by atoms with van der Waals surface area (Å²) in [7, 11) is -0.00101. The minimum Gasteiger partial charge on any atom is -0.480 e. The maximum absolute atomic E-state index is 14.0. The summed E-state index contributed by atoms with van der Waals surface area (Å²) in [5, 5.41) is 36.3. The summed E-state index contributed by atoms with van der Waals surface area (Å²) in [4.78, 5) is 37.3. The Morgan fingerprint density at radius 1 is 1.19 bits per heavy atom. The molecule has 1 amide bonds. The fraction of sp³-hybridized carbons (Fsp3) is 0.708. The number of carbonyl (C=O) groups excluding carboxylic acids is 1. The Morgan fingerprint density at radius 3 is 2.60 bits per heavy atom. The summed E-state index contributed by atoms with van der Waals surface area (Å²) in [5.41, 5.74) is 0.913. The number of unbranched alkanes of at least 4 members (excludes halogenated alkanes) is 1. The molecule has 1 unspecified atom stereocenters. The zero-order valence-electron chi connectivity index (χ0n) is 23.8. The summed E-state index contributed by atoms with van der Waals surface area (Å²) < 4.78 is 34.4. The molecule has 2 aliphatic rings. The minimum absolute atomic E-state index is 0.213. The van der Waals surface area contributed by atoms with Crippen LogP contribution >= 0.6 is 7.67 Å². The van der Waals surface area contributed by atoms with Crippen LogP contribution in [0.25, 0.3) is 11.2 Å². The minimum atomic E-state index is -3.64. The summed E-state index contributed by atoms with van der Waals surface area (Å²) in [6, 6.07) is -1.00. The number of nitrogens with one attached hydrogen (secondary N) is 2. The van der Waals surface area contributed by atoms with E-state index >= 15 is 0 Å². The summed E-state index contributed by atoms with van der Waals surface area (Å²) in [6.45, 7) is 2.64. The van der Waals surface area contributed by atoms with Crippen molar-refractivity contribution in [2.75, 3.05) is 58.5 Å². The van der Waals surface area contributed by atoms with E-state index in [4.69, 9.17) is 14.0 Å². The van der Waals surface area contributed by atoms with Gasteiger partial charge in [0.15, 0.2) is 23.2 Å². The number of carboxylic acids is 1. The SMILES string of the molecule is CC(=O)N[C@@H](CCCCNP(=O)(OC[C@H]1O[C@@H](n2cnc3c(N(C)C)ncnc32)[C@H](O)[C@@H]1O)N1CCOCC1)C(=O)O. The number of aliphatic hydroxyl groups is 2. The molecule has 2 aromatic rings. The van der Waals surface area contributed by atoms with Crippen LogP contribution < -0.4 is 15.3 Å². The molecule has 2 saturated heterocycles. The second kappa shape index (κ2) is 14.1. The van der Waals surface area contributed by atoms with E-state index in [9.17, 15) is 29.5 Å². The van der Waals surface area contributed by atoms with E-state index in [2.05, 4.69) is 25.4 Å². The summed E-state index contributed by atoms with van der Waals surface area (Å²) >= 11 is 0. The Morgan fingerprint density at radius 2 is 1.93 bits per heavy atom. The van der Waals surface area contributed by atoms with E-state index in [-0.39, 0.29) is 19.6 Å². The Labute approximate surface area is 242 Å². The number of aliphatic carboxylic acids is 1. The topological polar surface area (TPSA) is 214 Å². The van der Waals surface area contributed by atoms with Crippen LogP contribution in [0.15, 0.2) is 12.7 Å². The van der Waals surface area contributed by atoms with Crippen molar-refractivity contribution < 1.29 is 43.5 Å². The van der Waals surface area contributed by atoms with Gasteiger partial charge in [0.05, 0.1) is 26.1 Å². The van der Waals surface area contributed by atoms with Crippen LogP contribution in [-0.4, -0.2) is 129 Å². The average Bonchev–Trinajstić information content (AvgIpc) is 3.51. The molecule has 0 saturated carbocycles. The van der Waals surface area contributed by atoms with Gasteiger partial charge in [-0.3, -0.25) is 13.9 Å².